The molecule has 1 saturated carbocycles. The third-order valence-electron chi connectivity index (χ3n) is 7.12. The first kappa shape index (κ1) is 23.4. The Morgan fingerprint density at radius 1 is 1.19 bits per heavy atom. The maximum absolute atomic E-state index is 13.5. The molecule has 186 valence electrons. The van der Waals surface area contributed by atoms with Crippen molar-refractivity contribution >= 4 is 29.4 Å². The summed E-state index contributed by atoms with van der Waals surface area (Å²) in [5.41, 5.74) is 2.62. The maximum Gasteiger partial charge on any atom is 0.255 e. The van der Waals surface area contributed by atoms with Gasteiger partial charge in [-0.15, -0.1) is 0 Å². The van der Waals surface area contributed by atoms with E-state index in [2.05, 4.69) is 9.99 Å². The number of amides is 1. The summed E-state index contributed by atoms with van der Waals surface area (Å²) in [6.45, 7) is 0. The van der Waals surface area contributed by atoms with E-state index in [1.54, 1.807) is 18.2 Å². The zero-order valence-corrected chi connectivity index (χ0v) is 19.0. The van der Waals surface area contributed by atoms with Crippen LogP contribution >= 0.6 is 0 Å². The second-order valence-electron chi connectivity index (χ2n) is 9.01. The Labute approximate surface area is 203 Å². The van der Waals surface area contributed by atoms with Crippen LogP contribution in [0.4, 0.5) is 0 Å². The number of fused-ring (bicyclic) bond motifs is 3. The van der Waals surface area contributed by atoms with Crippen molar-refractivity contribution in [3.05, 3.63) is 58.1 Å². The highest BCUT2D eigenvalue weighted by Crippen LogP contribution is 2.53. The number of aliphatic hydroxyl groups excluding tert-OH is 2. The van der Waals surface area contributed by atoms with Crippen LogP contribution in [0.2, 0.25) is 0 Å². The summed E-state index contributed by atoms with van der Waals surface area (Å²) >= 11 is 0. The van der Waals surface area contributed by atoms with E-state index in [0.717, 1.165) is 0 Å². The molecule has 0 aliphatic heterocycles. The molecule has 1 aromatic heterocycles. The molecule has 6 N–H and O–H groups in total. The molecule has 1 amide bonds. The largest absolute Gasteiger partial charge is 0.508 e. The molecule has 0 saturated heterocycles. The van der Waals surface area contributed by atoms with Crippen molar-refractivity contribution in [2.75, 3.05) is 7.11 Å². The molecule has 0 spiro atoms. The highest BCUT2D eigenvalue weighted by molar-refractivity contribution is 6.22. The first-order valence-corrected chi connectivity index (χ1v) is 11.1. The van der Waals surface area contributed by atoms with Crippen molar-refractivity contribution in [2.24, 2.45) is 22.7 Å². The first-order valence-electron chi connectivity index (χ1n) is 11.1. The Kier molecular flexibility index (Phi) is 5.25. The van der Waals surface area contributed by atoms with E-state index in [-0.39, 0.29) is 36.1 Å². The van der Waals surface area contributed by atoms with Crippen molar-refractivity contribution in [1.29, 1.82) is 0 Å². The highest BCUT2D eigenvalue weighted by atomic mass is 16.6. The zero-order chi connectivity index (χ0) is 25.9. The summed E-state index contributed by atoms with van der Waals surface area (Å²) in [5, 5.41) is 47.3. The van der Waals surface area contributed by atoms with Crippen molar-refractivity contribution in [3.8, 4) is 17.1 Å². The van der Waals surface area contributed by atoms with E-state index in [1.165, 1.54) is 19.4 Å². The average Bonchev–Trinajstić information content (AvgIpc) is 3.28. The first-order chi connectivity index (χ1) is 17.1. The number of rotatable bonds is 4. The quantitative estimate of drug-likeness (QED) is 0.239. The molecule has 36 heavy (non-hydrogen) atoms. The Morgan fingerprint density at radius 3 is 2.64 bits per heavy atom. The highest BCUT2D eigenvalue weighted by Gasteiger charge is 2.60. The number of carbonyl (C=O) groups excluding carboxylic acids is 3. The predicted molar refractivity (Wildman–Crippen MR) is 124 cm³/mol. The Balaban J connectivity index is 1.66. The van der Waals surface area contributed by atoms with Crippen LogP contribution in [0.5, 0.6) is 5.75 Å². The number of primary amides is 1. The fourth-order valence-corrected chi connectivity index (χ4v) is 5.52. The van der Waals surface area contributed by atoms with E-state index in [1.807, 2.05) is 0 Å². The van der Waals surface area contributed by atoms with Gasteiger partial charge in [-0.2, -0.15) is 0 Å². The number of Topliss-reactive ketones (excluding diaryl/α,β-unsaturated/α-hetero) is 2. The zero-order valence-electron chi connectivity index (χ0n) is 19.0. The lowest BCUT2D eigenvalue weighted by Gasteiger charge is -2.46. The van der Waals surface area contributed by atoms with E-state index < -0.39 is 52.0 Å². The number of phenolic OH excluding ortho intramolecular Hbond substituents is 1. The molecule has 1 heterocycles. The van der Waals surface area contributed by atoms with Crippen molar-refractivity contribution in [2.45, 2.75) is 24.9 Å². The van der Waals surface area contributed by atoms with E-state index in [0.29, 0.717) is 22.6 Å². The number of furan rings is 1. The van der Waals surface area contributed by atoms with Gasteiger partial charge < -0.3 is 35.4 Å². The molecule has 1 aromatic carbocycles. The average molecular weight is 494 g/mol. The van der Waals surface area contributed by atoms with Crippen molar-refractivity contribution in [1.82, 2.24) is 0 Å². The number of aliphatic hydroxyl groups is 3. The van der Waals surface area contributed by atoms with Crippen LogP contribution in [0.3, 0.4) is 0 Å². The summed E-state index contributed by atoms with van der Waals surface area (Å²) in [6, 6.07) is 6.29. The number of oxime groups is 1. The topological polar surface area (TPSA) is 193 Å². The van der Waals surface area contributed by atoms with Gasteiger partial charge in [0.15, 0.2) is 11.4 Å². The minimum atomic E-state index is -2.60. The molecule has 11 nitrogen and oxygen atoms in total. The van der Waals surface area contributed by atoms with Gasteiger partial charge in [-0.05, 0) is 48.6 Å². The van der Waals surface area contributed by atoms with Gasteiger partial charge in [0.2, 0.25) is 5.78 Å². The number of hydrogen-bond acceptors (Lipinski definition) is 10. The number of nitrogens with zero attached hydrogens (tertiary/aromatic N) is 1. The number of phenols is 1. The minimum Gasteiger partial charge on any atom is -0.508 e. The number of benzene rings is 1. The van der Waals surface area contributed by atoms with E-state index in [4.69, 9.17) is 10.2 Å². The van der Waals surface area contributed by atoms with Gasteiger partial charge in [-0.1, -0.05) is 5.16 Å². The lowest BCUT2D eigenvalue weighted by Crippen LogP contribution is -2.58. The van der Waals surface area contributed by atoms with Gasteiger partial charge in [0.05, 0.1) is 5.56 Å². The third kappa shape index (κ3) is 3.16. The lowest BCUT2D eigenvalue weighted by atomic mass is 9.59. The molecule has 11 heteroatoms. The predicted octanol–water partition coefficient (Wildman–Crippen LogP) is 1.66. The molecule has 3 aliphatic carbocycles. The fraction of sp³-hybridized carbons (Fsp3) is 0.280. The molecule has 0 bridgehead atoms. The van der Waals surface area contributed by atoms with Crippen LogP contribution in [0.15, 0.2) is 50.7 Å². The van der Waals surface area contributed by atoms with Crippen LogP contribution in [0.1, 0.15) is 29.7 Å². The molecule has 5 rings (SSSR count). The number of hydrogen-bond donors (Lipinski definition) is 5. The van der Waals surface area contributed by atoms with Gasteiger partial charge >= 0.3 is 0 Å². The van der Waals surface area contributed by atoms with Crippen LogP contribution in [-0.4, -0.2) is 56.8 Å². The number of aromatic hydroxyl groups is 1. The number of nitrogens with two attached hydrogens (primary N) is 1. The van der Waals surface area contributed by atoms with Crippen LogP contribution in [0, 0.1) is 11.8 Å². The van der Waals surface area contributed by atoms with Gasteiger partial charge in [0, 0.05) is 23.5 Å². The van der Waals surface area contributed by atoms with Crippen LogP contribution in [0.25, 0.3) is 17.1 Å². The maximum atomic E-state index is 13.5. The summed E-state index contributed by atoms with van der Waals surface area (Å²) < 4.78 is 5.79. The summed E-state index contributed by atoms with van der Waals surface area (Å²) in [6.07, 6.45) is 1.20. The minimum absolute atomic E-state index is 0.0110. The fourth-order valence-electron chi connectivity index (χ4n) is 5.52. The summed E-state index contributed by atoms with van der Waals surface area (Å²) in [7, 11) is 1.39. The van der Waals surface area contributed by atoms with E-state index in [9.17, 15) is 34.8 Å². The summed E-state index contributed by atoms with van der Waals surface area (Å²) in [5.74, 6) is -5.91. The Bertz CT molecular complexity index is 1430. The molecule has 3 aliphatic rings. The van der Waals surface area contributed by atoms with Crippen molar-refractivity contribution < 1.29 is 44.1 Å². The number of carbonyl (C=O) groups is 3. The Hall–Kier alpha value is -4.38. The second-order valence-corrected chi connectivity index (χ2v) is 9.01. The molecule has 0 radical (unpaired) electrons. The van der Waals surface area contributed by atoms with E-state index >= 15 is 0 Å². The van der Waals surface area contributed by atoms with Crippen LogP contribution < -0.4 is 5.73 Å². The van der Waals surface area contributed by atoms with Crippen molar-refractivity contribution in [3.63, 3.8) is 0 Å². The van der Waals surface area contributed by atoms with Gasteiger partial charge in [0.25, 0.3) is 5.91 Å². The smallest absolute Gasteiger partial charge is 0.255 e. The molecular formula is C25H22N2O9. The third-order valence-corrected chi connectivity index (χ3v) is 7.12. The summed E-state index contributed by atoms with van der Waals surface area (Å²) in [4.78, 5) is 42.4. The standard InChI is InChI=1S/C25H22N2O9/c1-35-27-9-12-2-5-17(36-12)13-3-4-15(28)19-14(13)7-10-6-11-8-16(29)20(24(26)33)23(32)25(11,34)22(31)18(10)21(19)30/h2-5,9-11,28,30,32,34H,6-8H2,1H3,(H2,26,33)/b27-9+/t10-,11+,25+/m1/s1. The molecule has 3 atom stereocenters. The van der Waals surface area contributed by atoms with Crippen LogP contribution in [-0.2, 0) is 25.6 Å². The molecular weight excluding hydrogens is 472 g/mol. The normalized spacial score (nSPS) is 25.6. The molecule has 2 aromatic rings. The Morgan fingerprint density at radius 2 is 1.94 bits per heavy atom. The SMILES string of the molecule is CO/N=C/c1ccc(-c2ccc(O)c3c2C[C@H]2C[C@H]4CC(=O)C(C(N)=O)=C(O)[C@@]4(O)C(=O)C2=C3O)o1. The van der Waals surface area contributed by atoms with Gasteiger partial charge in [-0.25, -0.2) is 0 Å². The second kappa shape index (κ2) is 8.09. The molecule has 0 unspecified atom stereocenters. The molecule has 1 fully saturated rings. The number of ketones is 2. The van der Waals surface area contributed by atoms with Gasteiger partial charge in [-0.3, -0.25) is 14.4 Å². The lowest BCUT2D eigenvalue weighted by molar-refractivity contribution is -0.147. The monoisotopic (exact) mass is 494 g/mol. The van der Waals surface area contributed by atoms with Gasteiger partial charge in [0.1, 0.15) is 47.7 Å².